The van der Waals surface area contributed by atoms with E-state index in [9.17, 15) is 0 Å². The zero-order valence-corrected chi connectivity index (χ0v) is 16.2. The Balaban J connectivity index is 2.62. The molecule has 0 unspecified atom stereocenters. The Hall–Kier alpha value is -0.0205. The maximum absolute atomic E-state index is 5.89. The van der Waals surface area contributed by atoms with Gasteiger partial charge in [0.15, 0.2) is 0 Å². The molecular weight excluding hydrogens is 383 g/mol. The molecule has 1 aromatic carbocycles. The van der Waals surface area contributed by atoms with Crippen molar-refractivity contribution in [1.29, 1.82) is 0 Å². The maximum atomic E-state index is 5.89. The molecule has 0 spiro atoms. The molecule has 0 atom stereocenters. The fourth-order valence-corrected chi connectivity index (χ4v) is 4.62. The predicted molar refractivity (Wildman–Crippen MR) is 88.5 cm³/mol. The summed E-state index contributed by atoms with van der Waals surface area (Å²) >= 11 is 3.93. The molecule has 112 valence electrons. The first-order valence-electron chi connectivity index (χ1n) is 6.91. The van der Waals surface area contributed by atoms with Crippen LogP contribution in [-0.4, -0.2) is 27.1 Å². The molecule has 0 saturated heterocycles. The number of hydrogen-bond donors (Lipinski definition) is 0. The average molecular weight is 406 g/mol. The first-order chi connectivity index (χ1) is 9.31. The van der Waals surface area contributed by atoms with Gasteiger partial charge in [-0.2, -0.15) is 0 Å². The van der Waals surface area contributed by atoms with Crippen molar-refractivity contribution in [2.45, 2.75) is 51.4 Å². The molecule has 1 aliphatic rings. The summed E-state index contributed by atoms with van der Waals surface area (Å²) in [7, 11) is 1.67. The molecular formula is C16H23BrO2Se. The van der Waals surface area contributed by atoms with E-state index in [1.54, 1.807) is 7.11 Å². The van der Waals surface area contributed by atoms with Gasteiger partial charge in [-0.05, 0) is 0 Å². The molecule has 0 N–H and O–H groups in total. The average Bonchev–Trinajstić information content (AvgIpc) is 2.40. The number of fused-ring (bicyclic) bond motifs is 1. The van der Waals surface area contributed by atoms with Crippen molar-refractivity contribution in [3.05, 3.63) is 23.3 Å². The van der Waals surface area contributed by atoms with Crippen molar-refractivity contribution in [3.8, 4) is 5.75 Å². The molecule has 1 aliphatic carbocycles. The molecule has 1 aromatic rings. The Bertz CT molecular complexity index is 497. The van der Waals surface area contributed by atoms with Crippen LogP contribution in [0.5, 0.6) is 5.75 Å². The summed E-state index contributed by atoms with van der Waals surface area (Å²) in [4.78, 5) is 0. The number of benzene rings is 1. The van der Waals surface area contributed by atoms with Crippen molar-refractivity contribution >= 4 is 31.7 Å². The Labute approximate surface area is 135 Å². The third kappa shape index (κ3) is 3.09. The van der Waals surface area contributed by atoms with Gasteiger partial charge in [-0.15, -0.1) is 0 Å². The molecule has 4 heteroatoms. The van der Waals surface area contributed by atoms with E-state index >= 15 is 0 Å². The van der Waals surface area contributed by atoms with E-state index in [-0.39, 0.29) is 10.8 Å². The van der Waals surface area contributed by atoms with Crippen LogP contribution in [0.1, 0.15) is 51.7 Å². The number of ether oxygens (including phenoxy) is 2. The topological polar surface area (TPSA) is 18.5 Å². The van der Waals surface area contributed by atoms with Crippen LogP contribution < -0.4 is 9.20 Å². The van der Waals surface area contributed by atoms with Gasteiger partial charge in [0.1, 0.15) is 0 Å². The second-order valence-electron chi connectivity index (χ2n) is 6.74. The summed E-state index contributed by atoms with van der Waals surface area (Å²) in [5.41, 5.74) is 3.18. The van der Waals surface area contributed by atoms with Crippen LogP contribution >= 0.6 is 14.1 Å². The van der Waals surface area contributed by atoms with Gasteiger partial charge < -0.3 is 0 Å². The molecule has 0 amide bonds. The predicted octanol–water partition coefficient (Wildman–Crippen LogP) is 3.66. The second-order valence-corrected chi connectivity index (χ2v) is 9.73. The van der Waals surface area contributed by atoms with Gasteiger partial charge in [0.2, 0.25) is 0 Å². The van der Waals surface area contributed by atoms with Crippen molar-refractivity contribution in [2.24, 2.45) is 0 Å². The molecule has 0 aromatic heterocycles. The molecule has 0 saturated carbocycles. The number of rotatable bonds is 4. The zero-order valence-electron chi connectivity index (χ0n) is 12.9. The van der Waals surface area contributed by atoms with E-state index < -0.39 is 0 Å². The third-order valence-corrected chi connectivity index (χ3v) is 7.09. The molecule has 0 fully saturated rings. The molecule has 0 bridgehead atoms. The van der Waals surface area contributed by atoms with Crippen molar-refractivity contribution < 1.29 is 9.47 Å². The SMILES string of the molecule is COCOc1cc([Se]Br)cc2c1C(C)(C)CCC2(C)C. The second kappa shape index (κ2) is 6.00. The van der Waals surface area contributed by atoms with Gasteiger partial charge in [-0.3, -0.25) is 0 Å². The van der Waals surface area contributed by atoms with Crippen molar-refractivity contribution in [1.82, 2.24) is 0 Å². The van der Waals surface area contributed by atoms with Crippen LogP contribution in [0, 0.1) is 0 Å². The van der Waals surface area contributed by atoms with Crippen molar-refractivity contribution in [3.63, 3.8) is 0 Å². The van der Waals surface area contributed by atoms with Gasteiger partial charge >= 0.3 is 135 Å². The third-order valence-electron chi connectivity index (χ3n) is 4.28. The summed E-state index contributed by atoms with van der Waals surface area (Å²) in [6, 6.07) is 4.54. The van der Waals surface area contributed by atoms with Crippen LogP contribution in [0.25, 0.3) is 0 Å². The van der Waals surface area contributed by atoms with Gasteiger partial charge in [-0.25, -0.2) is 0 Å². The normalized spacial score (nSPS) is 19.5. The van der Waals surface area contributed by atoms with Crippen LogP contribution in [0.4, 0.5) is 0 Å². The van der Waals surface area contributed by atoms with E-state index in [0.717, 1.165) is 5.75 Å². The minimum atomic E-state index is 0.159. The van der Waals surface area contributed by atoms with Crippen LogP contribution in [0.3, 0.4) is 0 Å². The molecule has 0 radical (unpaired) electrons. The van der Waals surface area contributed by atoms with E-state index in [4.69, 9.17) is 9.47 Å². The first kappa shape index (κ1) is 16.4. The summed E-state index contributed by atoms with van der Waals surface area (Å²) < 4.78 is 12.3. The molecule has 20 heavy (non-hydrogen) atoms. The number of hydrogen-bond acceptors (Lipinski definition) is 2. The molecule has 2 rings (SSSR count). The van der Waals surface area contributed by atoms with E-state index in [1.165, 1.54) is 28.4 Å². The fraction of sp³-hybridized carbons (Fsp3) is 0.625. The zero-order chi connectivity index (χ0) is 15.0. The van der Waals surface area contributed by atoms with Crippen LogP contribution in [0.2, 0.25) is 0 Å². The van der Waals surface area contributed by atoms with Crippen LogP contribution in [0.15, 0.2) is 12.1 Å². The summed E-state index contributed by atoms with van der Waals surface area (Å²) in [5, 5.41) is 0. The fourth-order valence-electron chi connectivity index (χ4n) is 2.99. The summed E-state index contributed by atoms with van der Waals surface area (Å²) in [6.45, 7) is 9.62. The van der Waals surface area contributed by atoms with E-state index in [1.807, 2.05) is 0 Å². The minimum absolute atomic E-state index is 0.159. The standard InChI is InChI=1S/C16H23BrO2Se/c1-15(2)6-7-16(3,4)14-12(15)8-11(20-17)9-13(14)19-10-18-5/h8-9H,6-7,10H2,1-5H3. The Kier molecular flexibility index (Phi) is 4.90. The summed E-state index contributed by atoms with van der Waals surface area (Å²) in [6.07, 6.45) is 2.41. The van der Waals surface area contributed by atoms with Gasteiger partial charge in [0, 0.05) is 0 Å². The summed E-state index contributed by atoms with van der Waals surface area (Å²) in [5.74, 6) is 0.999. The molecule has 2 nitrogen and oxygen atoms in total. The number of halogens is 1. The quantitative estimate of drug-likeness (QED) is 0.562. The van der Waals surface area contributed by atoms with Gasteiger partial charge in [0.25, 0.3) is 0 Å². The monoisotopic (exact) mass is 406 g/mol. The van der Waals surface area contributed by atoms with E-state index in [2.05, 4.69) is 53.9 Å². The Morgan fingerprint density at radius 3 is 2.40 bits per heavy atom. The Morgan fingerprint density at radius 1 is 1.15 bits per heavy atom. The van der Waals surface area contributed by atoms with Gasteiger partial charge in [-0.1, -0.05) is 0 Å². The van der Waals surface area contributed by atoms with Gasteiger partial charge in [0.05, 0.1) is 0 Å². The Morgan fingerprint density at radius 2 is 1.80 bits per heavy atom. The molecule has 0 aliphatic heterocycles. The van der Waals surface area contributed by atoms with Crippen LogP contribution in [-0.2, 0) is 15.6 Å². The van der Waals surface area contributed by atoms with E-state index in [0.29, 0.717) is 19.9 Å². The first-order valence-corrected chi connectivity index (χ1v) is 11.8. The molecule has 0 heterocycles. The van der Waals surface area contributed by atoms with Crippen molar-refractivity contribution in [2.75, 3.05) is 13.9 Å². The number of methoxy groups -OCH3 is 1.